The SMILES string of the molecule is CC(C)(C)CC1(O)CCC(C(=O)OC(C)(C)C)C1. The van der Waals surface area contributed by atoms with Crippen LogP contribution in [0.5, 0.6) is 0 Å². The van der Waals surface area contributed by atoms with Crippen molar-refractivity contribution in [3.63, 3.8) is 0 Å². The summed E-state index contributed by atoms with van der Waals surface area (Å²) in [7, 11) is 0. The van der Waals surface area contributed by atoms with Gasteiger partial charge in [-0.2, -0.15) is 0 Å². The monoisotopic (exact) mass is 256 g/mol. The van der Waals surface area contributed by atoms with Gasteiger partial charge in [-0.05, 0) is 51.9 Å². The summed E-state index contributed by atoms with van der Waals surface area (Å²) in [4.78, 5) is 12.0. The van der Waals surface area contributed by atoms with Crippen molar-refractivity contribution in [2.45, 2.75) is 78.4 Å². The van der Waals surface area contributed by atoms with E-state index in [-0.39, 0.29) is 17.3 Å². The Bertz CT molecular complexity index is 309. The van der Waals surface area contributed by atoms with Gasteiger partial charge in [-0.1, -0.05) is 20.8 Å². The lowest BCUT2D eigenvalue weighted by molar-refractivity contribution is -0.160. The van der Waals surface area contributed by atoms with Gasteiger partial charge in [0.1, 0.15) is 5.60 Å². The zero-order chi connectivity index (χ0) is 14.2. The molecule has 0 heterocycles. The molecule has 2 unspecified atom stereocenters. The van der Waals surface area contributed by atoms with Crippen molar-refractivity contribution >= 4 is 5.97 Å². The highest BCUT2D eigenvalue weighted by Crippen LogP contribution is 2.42. The Labute approximate surface area is 111 Å². The lowest BCUT2D eigenvalue weighted by Gasteiger charge is -2.31. The average Bonchev–Trinajstić information content (AvgIpc) is 2.40. The van der Waals surface area contributed by atoms with E-state index in [0.717, 1.165) is 12.8 Å². The third-order valence-electron chi connectivity index (χ3n) is 3.18. The molecule has 18 heavy (non-hydrogen) atoms. The molecule has 0 aromatic rings. The van der Waals surface area contributed by atoms with Crippen LogP contribution in [-0.4, -0.2) is 22.3 Å². The molecule has 2 atom stereocenters. The largest absolute Gasteiger partial charge is 0.460 e. The second-order valence-corrected chi connectivity index (χ2v) is 7.93. The highest BCUT2D eigenvalue weighted by molar-refractivity contribution is 5.73. The molecule has 0 amide bonds. The van der Waals surface area contributed by atoms with Crippen molar-refractivity contribution < 1.29 is 14.6 Å². The molecule has 0 aromatic carbocycles. The third-order valence-corrected chi connectivity index (χ3v) is 3.18. The third kappa shape index (κ3) is 4.97. The highest BCUT2D eigenvalue weighted by Gasteiger charge is 2.43. The Morgan fingerprint density at radius 1 is 1.28 bits per heavy atom. The predicted octanol–water partition coefficient (Wildman–Crippen LogP) is 3.30. The van der Waals surface area contributed by atoms with Gasteiger partial charge in [0.25, 0.3) is 0 Å². The number of aliphatic hydroxyl groups is 1. The van der Waals surface area contributed by atoms with Gasteiger partial charge in [0.2, 0.25) is 0 Å². The molecule has 1 aliphatic rings. The van der Waals surface area contributed by atoms with Crippen LogP contribution in [0.15, 0.2) is 0 Å². The molecule has 1 saturated carbocycles. The maximum atomic E-state index is 12.0. The van der Waals surface area contributed by atoms with Crippen LogP contribution in [0.2, 0.25) is 0 Å². The summed E-state index contributed by atoms with van der Waals surface area (Å²) < 4.78 is 5.40. The fourth-order valence-electron chi connectivity index (χ4n) is 2.84. The first-order valence-corrected chi connectivity index (χ1v) is 6.86. The highest BCUT2D eigenvalue weighted by atomic mass is 16.6. The van der Waals surface area contributed by atoms with Crippen LogP contribution in [0.3, 0.4) is 0 Å². The predicted molar refractivity (Wildman–Crippen MR) is 72.2 cm³/mol. The number of hydrogen-bond acceptors (Lipinski definition) is 3. The van der Waals surface area contributed by atoms with Crippen molar-refractivity contribution in [2.75, 3.05) is 0 Å². The van der Waals surface area contributed by atoms with Crippen LogP contribution in [0.4, 0.5) is 0 Å². The summed E-state index contributed by atoms with van der Waals surface area (Å²) in [6.07, 6.45) is 2.72. The van der Waals surface area contributed by atoms with Crippen LogP contribution >= 0.6 is 0 Å². The first-order chi connectivity index (χ1) is 7.90. The van der Waals surface area contributed by atoms with E-state index in [0.29, 0.717) is 12.8 Å². The summed E-state index contributed by atoms with van der Waals surface area (Å²) in [6, 6.07) is 0. The van der Waals surface area contributed by atoms with Gasteiger partial charge in [0.15, 0.2) is 0 Å². The Kier molecular flexibility index (Phi) is 4.16. The molecule has 1 rings (SSSR count). The molecular weight excluding hydrogens is 228 g/mol. The molecule has 0 saturated heterocycles. The minimum Gasteiger partial charge on any atom is -0.460 e. The summed E-state index contributed by atoms with van der Waals surface area (Å²) in [5.74, 6) is -0.302. The quantitative estimate of drug-likeness (QED) is 0.771. The van der Waals surface area contributed by atoms with Gasteiger partial charge >= 0.3 is 5.97 Å². The van der Waals surface area contributed by atoms with E-state index in [9.17, 15) is 9.90 Å². The molecular formula is C15H28O3. The van der Waals surface area contributed by atoms with Crippen molar-refractivity contribution in [1.82, 2.24) is 0 Å². The lowest BCUT2D eigenvalue weighted by Crippen LogP contribution is -2.33. The van der Waals surface area contributed by atoms with Gasteiger partial charge in [-0.25, -0.2) is 0 Å². The topological polar surface area (TPSA) is 46.5 Å². The molecule has 0 aliphatic heterocycles. The van der Waals surface area contributed by atoms with Gasteiger partial charge in [0.05, 0.1) is 11.5 Å². The van der Waals surface area contributed by atoms with E-state index in [1.165, 1.54) is 0 Å². The van der Waals surface area contributed by atoms with Crippen molar-refractivity contribution in [3.8, 4) is 0 Å². The Hall–Kier alpha value is -0.570. The fraction of sp³-hybridized carbons (Fsp3) is 0.933. The standard InChI is InChI=1S/C15H28O3/c1-13(2,3)10-15(17)8-7-11(9-15)12(16)18-14(4,5)6/h11,17H,7-10H2,1-6H3. The number of hydrogen-bond donors (Lipinski definition) is 1. The summed E-state index contributed by atoms with van der Waals surface area (Å²) >= 11 is 0. The number of carbonyl (C=O) groups excluding carboxylic acids is 1. The molecule has 106 valence electrons. The van der Waals surface area contributed by atoms with E-state index in [1.54, 1.807) is 0 Å². The molecule has 0 aromatic heterocycles. The zero-order valence-electron chi connectivity index (χ0n) is 12.7. The smallest absolute Gasteiger partial charge is 0.309 e. The Morgan fingerprint density at radius 2 is 1.83 bits per heavy atom. The second-order valence-electron chi connectivity index (χ2n) is 7.93. The average molecular weight is 256 g/mol. The van der Waals surface area contributed by atoms with E-state index >= 15 is 0 Å². The minimum absolute atomic E-state index is 0.0809. The molecule has 1 aliphatic carbocycles. The molecule has 1 fully saturated rings. The molecule has 3 heteroatoms. The summed E-state index contributed by atoms with van der Waals surface area (Å²) in [6.45, 7) is 12.0. The van der Waals surface area contributed by atoms with Gasteiger partial charge in [0, 0.05) is 0 Å². The maximum Gasteiger partial charge on any atom is 0.309 e. The number of rotatable bonds is 2. The van der Waals surface area contributed by atoms with Crippen LogP contribution < -0.4 is 0 Å². The normalized spacial score (nSPS) is 29.4. The molecule has 0 radical (unpaired) electrons. The van der Waals surface area contributed by atoms with Gasteiger partial charge < -0.3 is 9.84 Å². The van der Waals surface area contributed by atoms with Crippen LogP contribution in [-0.2, 0) is 9.53 Å². The van der Waals surface area contributed by atoms with E-state index in [4.69, 9.17) is 4.74 Å². The van der Waals surface area contributed by atoms with Gasteiger partial charge in [-0.3, -0.25) is 4.79 Å². The molecule has 3 nitrogen and oxygen atoms in total. The maximum absolute atomic E-state index is 12.0. The first kappa shape index (κ1) is 15.5. The van der Waals surface area contributed by atoms with Gasteiger partial charge in [-0.15, -0.1) is 0 Å². The zero-order valence-corrected chi connectivity index (χ0v) is 12.7. The van der Waals surface area contributed by atoms with Crippen molar-refractivity contribution in [2.24, 2.45) is 11.3 Å². The number of ether oxygens (including phenoxy) is 1. The van der Waals surface area contributed by atoms with Crippen molar-refractivity contribution in [3.05, 3.63) is 0 Å². The molecule has 1 N–H and O–H groups in total. The van der Waals surface area contributed by atoms with Crippen LogP contribution in [0.1, 0.15) is 67.2 Å². The minimum atomic E-state index is -0.695. The molecule has 0 spiro atoms. The lowest BCUT2D eigenvalue weighted by atomic mass is 9.80. The number of carbonyl (C=O) groups is 1. The van der Waals surface area contributed by atoms with Crippen LogP contribution in [0, 0.1) is 11.3 Å². The Balaban J connectivity index is 2.58. The van der Waals surface area contributed by atoms with E-state index in [2.05, 4.69) is 20.8 Å². The molecule has 0 bridgehead atoms. The summed E-state index contributed by atoms with van der Waals surface area (Å²) in [5.41, 5.74) is -1.06. The number of esters is 1. The van der Waals surface area contributed by atoms with E-state index in [1.807, 2.05) is 20.8 Å². The van der Waals surface area contributed by atoms with E-state index < -0.39 is 11.2 Å². The van der Waals surface area contributed by atoms with Crippen LogP contribution in [0.25, 0.3) is 0 Å². The first-order valence-electron chi connectivity index (χ1n) is 6.86. The van der Waals surface area contributed by atoms with Crippen molar-refractivity contribution in [1.29, 1.82) is 0 Å². The second kappa shape index (κ2) is 4.84. The summed E-state index contributed by atoms with van der Waals surface area (Å²) in [5, 5.41) is 10.5. The fourth-order valence-corrected chi connectivity index (χ4v) is 2.84. The Morgan fingerprint density at radius 3 is 2.28 bits per heavy atom.